The van der Waals surface area contributed by atoms with Crippen LogP contribution in [0.5, 0.6) is 0 Å². The minimum atomic E-state index is -3.82. The summed E-state index contributed by atoms with van der Waals surface area (Å²) in [7, 11) is -3.82. The summed E-state index contributed by atoms with van der Waals surface area (Å²) in [4.78, 5) is 17.3. The van der Waals surface area contributed by atoms with Gasteiger partial charge in [-0.3, -0.25) is 4.57 Å². The van der Waals surface area contributed by atoms with Crippen molar-refractivity contribution >= 4 is 7.60 Å². The van der Waals surface area contributed by atoms with Crippen molar-refractivity contribution in [2.24, 2.45) is 0 Å². The molecule has 0 aromatic heterocycles. The Labute approximate surface area is 92.1 Å². The molecular weight excluding hydrogens is 211 g/mol. The molecule has 0 fully saturated rings. The fourth-order valence-corrected chi connectivity index (χ4v) is 1.64. The Morgan fingerprint density at radius 2 is 1.73 bits per heavy atom. The Balaban J connectivity index is 3.80. The fraction of sp³-hybridized carbons (Fsp3) is 0.636. The lowest BCUT2D eigenvalue weighted by atomic mass is 10.1. The van der Waals surface area contributed by atoms with Crippen LogP contribution in [-0.4, -0.2) is 15.9 Å². The minimum absolute atomic E-state index is 0.0486. The fourth-order valence-electron chi connectivity index (χ4n) is 1.17. The summed E-state index contributed by atoms with van der Waals surface area (Å²) in [6.07, 6.45) is 6.46. The molecule has 0 aromatic rings. The first-order chi connectivity index (χ1) is 6.81. The van der Waals surface area contributed by atoms with Gasteiger partial charge in [0.1, 0.15) is 0 Å². The first-order valence-electron chi connectivity index (χ1n) is 5.15. The molecule has 0 atom stereocenters. The van der Waals surface area contributed by atoms with Crippen molar-refractivity contribution in [3.05, 3.63) is 23.3 Å². The molecule has 3 nitrogen and oxygen atoms in total. The third-order valence-electron chi connectivity index (χ3n) is 2.00. The summed E-state index contributed by atoms with van der Waals surface area (Å²) in [5.41, 5.74) is 2.50. The van der Waals surface area contributed by atoms with Gasteiger partial charge in [-0.1, -0.05) is 23.3 Å². The molecular formula is C11H21O3P. The third kappa shape index (κ3) is 11.6. The molecule has 0 aliphatic carbocycles. The van der Waals surface area contributed by atoms with Crippen LogP contribution < -0.4 is 0 Å². The number of hydrogen-bond donors (Lipinski definition) is 2. The zero-order valence-corrected chi connectivity index (χ0v) is 10.6. The van der Waals surface area contributed by atoms with Crippen molar-refractivity contribution in [1.29, 1.82) is 0 Å². The van der Waals surface area contributed by atoms with Gasteiger partial charge in [0.25, 0.3) is 0 Å². The molecule has 0 rings (SSSR count). The minimum Gasteiger partial charge on any atom is -0.324 e. The van der Waals surface area contributed by atoms with Gasteiger partial charge in [0.2, 0.25) is 0 Å². The third-order valence-corrected chi connectivity index (χ3v) is 2.85. The van der Waals surface area contributed by atoms with Gasteiger partial charge in [-0.05, 0) is 40.0 Å². The maximum atomic E-state index is 10.6. The summed E-state index contributed by atoms with van der Waals surface area (Å²) < 4.78 is 10.6. The van der Waals surface area contributed by atoms with Crippen molar-refractivity contribution in [1.82, 2.24) is 0 Å². The largest absolute Gasteiger partial charge is 0.325 e. The van der Waals surface area contributed by atoms with E-state index in [0.29, 0.717) is 6.42 Å². The first-order valence-corrected chi connectivity index (χ1v) is 6.94. The van der Waals surface area contributed by atoms with Gasteiger partial charge < -0.3 is 9.79 Å². The highest BCUT2D eigenvalue weighted by Crippen LogP contribution is 2.35. The van der Waals surface area contributed by atoms with E-state index in [1.165, 1.54) is 11.1 Å². The predicted molar refractivity (Wildman–Crippen MR) is 64.0 cm³/mol. The molecule has 4 heteroatoms. The molecule has 0 amide bonds. The Kier molecular flexibility index (Phi) is 6.82. The van der Waals surface area contributed by atoms with Crippen LogP contribution in [-0.2, 0) is 4.57 Å². The number of rotatable bonds is 6. The van der Waals surface area contributed by atoms with Crippen LogP contribution in [0.25, 0.3) is 0 Å². The highest BCUT2D eigenvalue weighted by atomic mass is 31.2. The SMILES string of the molecule is CC(C)=CCC/C(C)=C/CCP(=O)(O)O. The van der Waals surface area contributed by atoms with Crippen molar-refractivity contribution in [2.75, 3.05) is 6.16 Å². The Bertz CT molecular complexity index is 282. The van der Waals surface area contributed by atoms with Crippen LogP contribution in [0.15, 0.2) is 23.3 Å². The van der Waals surface area contributed by atoms with Crippen LogP contribution in [0.1, 0.15) is 40.0 Å². The van der Waals surface area contributed by atoms with Crippen LogP contribution in [0.4, 0.5) is 0 Å². The van der Waals surface area contributed by atoms with Gasteiger partial charge in [-0.2, -0.15) is 0 Å². The van der Waals surface area contributed by atoms with Gasteiger partial charge >= 0.3 is 7.60 Å². The molecule has 0 aliphatic rings. The number of allylic oxidation sites excluding steroid dienone is 4. The molecule has 0 heterocycles. The zero-order chi connectivity index (χ0) is 11.9. The van der Waals surface area contributed by atoms with Crippen LogP contribution in [0, 0.1) is 0 Å². The van der Waals surface area contributed by atoms with Gasteiger partial charge in [0.15, 0.2) is 0 Å². The Morgan fingerprint density at radius 1 is 1.13 bits per heavy atom. The quantitative estimate of drug-likeness (QED) is 0.546. The average Bonchev–Trinajstić information content (AvgIpc) is 2.00. The monoisotopic (exact) mass is 232 g/mol. The summed E-state index contributed by atoms with van der Waals surface area (Å²) in [6, 6.07) is 0. The highest BCUT2D eigenvalue weighted by molar-refractivity contribution is 7.51. The first kappa shape index (κ1) is 14.6. The topological polar surface area (TPSA) is 57.5 Å². The van der Waals surface area contributed by atoms with Gasteiger partial charge in [0, 0.05) is 0 Å². The Hall–Kier alpha value is -0.370. The van der Waals surface area contributed by atoms with Crippen molar-refractivity contribution in [3.8, 4) is 0 Å². The smallest absolute Gasteiger partial charge is 0.324 e. The lowest BCUT2D eigenvalue weighted by Gasteiger charge is -2.01. The lowest BCUT2D eigenvalue weighted by Crippen LogP contribution is -1.86. The Morgan fingerprint density at radius 3 is 2.20 bits per heavy atom. The maximum Gasteiger partial charge on any atom is 0.325 e. The van der Waals surface area contributed by atoms with Crippen molar-refractivity contribution in [2.45, 2.75) is 40.0 Å². The van der Waals surface area contributed by atoms with E-state index in [9.17, 15) is 4.57 Å². The van der Waals surface area contributed by atoms with Crippen LogP contribution in [0.2, 0.25) is 0 Å². The highest BCUT2D eigenvalue weighted by Gasteiger charge is 2.10. The number of hydrogen-bond acceptors (Lipinski definition) is 1. The maximum absolute atomic E-state index is 10.6. The van der Waals surface area contributed by atoms with E-state index in [1.807, 2.05) is 13.0 Å². The molecule has 88 valence electrons. The van der Waals surface area contributed by atoms with Crippen LogP contribution in [0.3, 0.4) is 0 Å². The second-order valence-electron chi connectivity index (χ2n) is 4.05. The molecule has 0 bridgehead atoms. The van der Waals surface area contributed by atoms with E-state index in [-0.39, 0.29) is 6.16 Å². The standard InChI is InChI=1S/C11H21O3P/c1-10(2)6-4-7-11(3)8-5-9-15(12,13)14/h6,8H,4-5,7,9H2,1-3H3,(H2,12,13,14)/b11-8+. The molecule has 0 spiro atoms. The molecule has 0 radical (unpaired) electrons. The van der Waals surface area contributed by atoms with Gasteiger partial charge in [-0.15, -0.1) is 0 Å². The lowest BCUT2D eigenvalue weighted by molar-refractivity contribution is 0.373. The molecule has 0 unspecified atom stereocenters. The second-order valence-corrected chi connectivity index (χ2v) is 5.82. The van der Waals surface area contributed by atoms with Gasteiger partial charge in [-0.25, -0.2) is 0 Å². The summed E-state index contributed by atoms with van der Waals surface area (Å²) >= 11 is 0. The molecule has 0 saturated carbocycles. The summed E-state index contributed by atoms with van der Waals surface area (Å²) in [6.45, 7) is 6.12. The summed E-state index contributed by atoms with van der Waals surface area (Å²) in [5, 5.41) is 0. The van der Waals surface area contributed by atoms with Gasteiger partial charge in [0.05, 0.1) is 6.16 Å². The van der Waals surface area contributed by atoms with Crippen LogP contribution >= 0.6 is 7.60 Å². The molecule has 0 aliphatic heterocycles. The van der Waals surface area contributed by atoms with E-state index in [1.54, 1.807) is 0 Å². The van der Waals surface area contributed by atoms with E-state index < -0.39 is 7.60 Å². The van der Waals surface area contributed by atoms with Crippen molar-refractivity contribution < 1.29 is 14.4 Å². The van der Waals surface area contributed by atoms with E-state index in [4.69, 9.17) is 9.79 Å². The predicted octanol–water partition coefficient (Wildman–Crippen LogP) is 3.25. The van der Waals surface area contributed by atoms with Crippen molar-refractivity contribution in [3.63, 3.8) is 0 Å². The second kappa shape index (κ2) is 7.00. The molecule has 15 heavy (non-hydrogen) atoms. The summed E-state index contributed by atoms with van der Waals surface area (Å²) in [5.74, 6) is 0. The average molecular weight is 232 g/mol. The molecule has 2 N–H and O–H groups in total. The normalized spacial score (nSPS) is 12.7. The van der Waals surface area contributed by atoms with E-state index >= 15 is 0 Å². The van der Waals surface area contributed by atoms with E-state index in [2.05, 4.69) is 19.9 Å². The molecule has 0 aromatic carbocycles. The zero-order valence-electron chi connectivity index (χ0n) is 9.73. The van der Waals surface area contributed by atoms with E-state index in [0.717, 1.165) is 12.8 Å². The molecule has 0 saturated heterocycles.